The van der Waals surface area contributed by atoms with Crippen LogP contribution >= 0.6 is 21.6 Å². The van der Waals surface area contributed by atoms with Crippen LogP contribution in [0.1, 0.15) is 96.3 Å². The second-order valence-corrected chi connectivity index (χ2v) is 22.8. The van der Waals surface area contributed by atoms with Crippen LogP contribution < -0.4 is 44.3 Å². The van der Waals surface area contributed by atoms with Crippen molar-refractivity contribution in [1.82, 2.24) is 0 Å². The number of nitrogens with one attached hydrogen (secondary N) is 2. The number of nitrogens with zero attached hydrogens (tertiary/aromatic N) is 3. The first-order chi connectivity index (χ1) is 34.5. The number of hydrogen-bond donors (Lipinski definition) is 4. The highest BCUT2D eigenvalue weighted by Gasteiger charge is 2.44. The van der Waals surface area contributed by atoms with Gasteiger partial charge in [0.05, 0.1) is 48.8 Å². The van der Waals surface area contributed by atoms with Gasteiger partial charge in [-0.05, 0) is 111 Å². The Morgan fingerprint density at radius 3 is 1.69 bits per heavy atom. The van der Waals surface area contributed by atoms with E-state index in [-0.39, 0.29) is 47.9 Å². The molecular formula is C55H61N5O10S2. The average Bonchev–Trinajstić information content (AvgIpc) is 3.92. The molecule has 0 radical (unpaired) electrons. The number of carbonyl (C=O) groups excluding carboxylic acids is 4. The van der Waals surface area contributed by atoms with Gasteiger partial charge in [0.1, 0.15) is 31.5 Å². The Labute approximate surface area is 427 Å². The molecule has 0 spiro atoms. The van der Waals surface area contributed by atoms with Gasteiger partial charge in [-0.25, -0.2) is 0 Å². The van der Waals surface area contributed by atoms with Crippen molar-refractivity contribution in [2.75, 3.05) is 46.6 Å². The van der Waals surface area contributed by atoms with E-state index in [9.17, 15) is 29.4 Å². The molecule has 0 aliphatic carbocycles. The quantitative estimate of drug-likeness (QED) is 0.0611. The molecule has 0 aromatic heterocycles. The number of hydrogen-bond acceptors (Lipinski definition) is 14. The molecular weight excluding hydrogens is 955 g/mol. The minimum absolute atomic E-state index is 0.0201. The summed E-state index contributed by atoms with van der Waals surface area (Å²) in [4.78, 5) is 58.8. The Hall–Kier alpha value is -6.40. The van der Waals surface area contributed by atoms with Crippen molar-refractivity contribution >= 4 is 73.5 Å². The Morgan fingerprint density at radius 1 is 0.736 bits per heavy atom. The first kappa shape index (κ1) is 50.5. The zero-order valence-electron chi connectivity index (χ0n) is 41.5. The number of methoxy groups -OCH3 is 2. The smallest absolute Gasteiger partial charge is 0.260 e. The first-order valence-corrected chi connectivity index (χ1v) is 26.4. The molecule has 0 saturated heterocycles. The minimum Gasteiger partial charge on any atom is -0.493 e. The van der Waals surface area contributed by atoms with Crippen molar-refractivity contribution in [2.24, 2.45) is 0 Å². The van der Waals surface area contributed by atoms with Crippen LogP contribution in [0.15, 0.2) is 91.0 Å². The third-order valence-corrected chi connectivity index (χ3v) is 17.7. The third kappa shape index (κ3) is 10.4. The molecule has 0 saturated carbocycles. The highest BCUT2D eigenvalue weighted by Crippen LogP contribution is 2.45. The van der Waals surface area contributed by atoms with E-state index in [4.69, 9.17) is 18.9 Å². The Bertz CT molecular complexity index is 2760. The fourth-order valence-electron chi connectivity index (χ4n) is 9.73. The molecule has 4 N–H and O–H groups in total. The van der Waals surface area contributed by atoms with Crippen LogP contribution in [0, 0.1) is 0 Å². The second kappa shape index (κ2) is 21.0. The monoisotopic (exact) mass is 1020 g/mol. The van der Waals surface area contributed by atoms with Crippen LogP contribution in [0.2, 0.25) is 0 Å². The second-order valence-electron chi connectivity index (χ2n) is 19.5. The lowest BCUT2D eigenvalue weighted by Crippen LogP contribution is -2.45. The summed E-state index contributed by atoms with van der Waals surface area (Å²) in [5, 5.41) is 29.4. The summed E-state index contributed by atoms with van der Waals surface area (Å²) in [5.41, 5.74) is 6.93. The van der Waals surface area contributed by atoms with Crippen molar-refractivity contribution in [3.05, 3.63) is 124 Å². The number of para-hydroxylation sites is 2. The molecule has 3 amide bonds. The lowest BCUT2D eigenvalue weighted by atomic mass is 10.1. The van der Waals surface area contributed by atoms with E-state index in [1.807, 2.05) is 66.7 Å². The fourth-order valence-corrected chi connectivity index (χ4v) is 12.4. The predicted octanol–water partition coefficient (Wildman–Crippen LogP) is 9.15. The van der Waals surface area contributed by atoms with Gasteiger partial charge >= 0.3 is 0 Å². The molecule has 4 heterocycles. The maximum Gasteiger partial charge on any atom is 0.260 e. The summed E-state index contributed by atoms with van der Waals surface area (Å²) in [5.74, 6) is 0.854. The Morgan fingerprint density at radius 2 is 1.22 bits per heavy atom. The van der Waals surface area contributed by atoms with Gasteiger partial charge < -0.3 is 59.3 Å². The maximum atomic E-state index is 14.2. The summed E-state index contributed by atoms with van der Waals surface area (Å²) in [6.45, 7) is 8.02. The van der Waals surface area contributed by atoms with E-state index in [1.54, 1.807) is 74.5 Å². The van der Waals surface area contributed by atoms with Crippen molar-refractivity contribution in [1.29, 1.82) is 0 Å². The zero-order chi connectivity index (χ0) is 51.0. The van der Waals surface area contributed by atoms with Crippen LogP contribution in [-0.2, 0) is 35.6 Å². The molecule has 15 nitrogen and oxygen atoms in total. The van der Waals surface area contributed by atoms with Crippen molar-refractivity contribution in [3.8, 4) is 23.0 Å². The van der Waals surface area contributed by atoms with Crippen LogP contribution in [0.5, 0.6) is 23.0 Å². The topological polar surface area (TPSA) is 179 Å². The summed E-state index contributed by atoms with van der Waals surface area (Å²) in [6.07, 6.45) is 1.13. The molecule has 4 aliphatic heterocycles. The molecule has 3 unspecified atom stereocenters. The van der Waals surface area contributed by atoms with Crippen molar-refractivity contribution < 1.29 is 48.3 Å². The number of aliphatic hydroxyl groups excluding tert-OH is 2. The van der Waals surface area contributed by atoms with Gasteiger partial charge in [-0.1, -0.05) is 64.9 Å². The molecule has 72 heavy (non-hydrogen) atoms. The van der Waals surface area contributed by atoms with Crippen LogP contribution in [0.3, 0.4) is 0 Å². The van der Waals surface area contributed by atoms with Crippen LogP contribution in [0.25, 0.3) is 0 Å². The zero-order valence-corrected chi connectivity index (χ0v) is 43.2. The van der Waals surface area contributed by atoms with E-state index < -0.39 is 24.5 Å². The number of ether oxygens (including phenoxy) is 4. The summed E-state index contributed by atoms with van der Waals surface area (Å²) < 4.78 is 24.3. The average molecular weight is 1020 g/mol. The van der Waals surface area contributed by atoms with Gasteiger partial charge in [0.25, 0.3) is 11.8 Å². The van der Waals surface area contributed by atoms with E-state index in [0.717, 1.165) is 28.9 Å². The van der Waals surface area contributed by atoms with Gasteiger partial charge in [0, 0.05) is 59.1 Å². The Kier molecular flexibility index (Phi) is 14.7. The molecule has 0 bridgehead atoms. The highest BCUT2D eigenvalue weighted by molar-refractivity contribution is 8.77. The molecule has 5 atom stereocenters. The molecule has 378 valence electrons. The van der Waals surface area contributed by atoms with E-state index >= 15 is 0 Å². The number of rotatable bonds is 18. The number of benzene rings is 5. The SMILES string of the molecule is COc1cc2c(cc1OCc1cc(COc3cc4c(cc3OC)C(=O)N3c5ccccc5C[C@H]3C(O)N4)cc(N(C)C(=O)CCC(C)(C)SSC(C)CCC(C)=O)c1)NC(O)[C@@H]1Cc3ccccc3N1C2=O. The number of ketones is 1. The third-order valence-electron chi connectivity index (χ3n) is 13.7. The standard InChI is InChI=1S/C55H61N5O10S2/c1-31(61)16-17-32(2)71-72-55(3,4)19-18-50(62)58(5)37-21-33(29-69-48-27-40-38(25-46(48)67-6)53(65)59-42-14-10-8-12-35(42)23-44(59)51(63)56-40)20-34(22-37)30-70-49-28-41-39(26-47(49)68-7)54(66)60-43-15-11-9-13-36(43)24-45(60)52(64)57-41/h8-15,20-22,25-28,32,44-45,51-52,56-57,63-64H,16-19,23-24,29-30H2,1-7H3/t32?,44-,45-,51?,52?/m0/s1. The number of amides is 3. The van der Waals surface area contributed by atoms with E-state index in [1.165, 1.54) is 14.2 Å². The molecule has 5 aromatic carbocycles. The van der Waals surface area contributed by atoms with Crippen molar-refractivity contribution in [3.63, 3.8) is 0 Å². The minimum atomic E-state index is -1.06. The lowest BCUT2D eigenvalue weighted by Gasteiger charge is -2.26. The summed E-state index contributed by atoms with van der Waals surface area (Å²) in [7, 11) is 8.22. The van der Waals surface area contributed by atoms with E-state index in [2.05, 4.69) is 31.4 Å². The maximum absolute atomic E-state index is 14.2. The molecule has 9 rings (SSSR count). The van der Waals surface area contributed by atoms with Crippen molar-refractivity contribution in [2.45, 2.75) is 114 Å². The van der Waals surface area contributed by atoms with Gasteiger partial charge in [-0.2, -0.15) is 0 Å². The fraction of sp³-hybridized carbons (Fsp3) is 0.382. The molecule has 4 aliphatic rings. The van der Waals surface area contributed by atoms with Gasteiger partial charge in [-0.15, -0.1) is 0 Å². The first-order valence-electron chi connectivity index (χ1n) is 24.2. The molecule has 17 heteroatoms. The predicted molar refractivity (Wildman–Crippen MR) is 283 cm³/mol. The number of Topliss-reactive ketones (excluding diaryl/α,β-unsaturated/α-hetero) is 1. The van der Waals surface area contributed by atoms with Crippen LogP contribution in [0.4, 0.5) is 28.4 Å². The summed E-state index contributed by atoms with van der Waals surface area (Å²) in [6, 6.07) is 26.5. The number of fused-ring (bicyclic) bond motifs is 8. The highest BCUT2D eigenvalue weighted by atomic mass is 33.1. The normalized spacial score (nSPS) is 19.0. The lowest BCUT2D eigenvalue weighted by molar-refractivity contribution is -0.118. The molecule has 0 fully saturated rings. The number of aliphatic hydroxyl groups is 2. The number of carbonyl (C=O) groups is 4. The van der Waals surface area contributed by atoms with Gasteiger partial charge in [0.15, 0.2) is 23.0 Å². The van der Waals surface area contributed by atoms with Gasteiger partial charge in [0.2, 0.25) is 5.91 Å². The van der Waals surface area contributed by atoms with Crippen LogP contribution in [-0.4, -0.2) is 89.5 Å². The van der Waals surface area contributed by atoms with Gasteiger partial charge in [-0.3, -0.25) is 14.4 Å². The number of anilines is 5. The molecule has 5 aromatic rings. The van der Waals surface area contributed by atoms with E-state index in [0.29, 0.717) is 93.2 Å². The largest absolute Gasteiger partial charge is 0.493 e. The summed E-state index contributed by atoms with van der Waals surface area (Å²) >= 11 is 0. The Balaban J connectivity index is 0.972.